The van der Waals surface area contributed by atoms with Crippen LogP contribution in [0.1, 0.15) is 15.9 Å². The Kier molecular flexibility index (Phi) is 4.90. The van der Waals surface area contributed by atoms with Gasteiger partial charge in [-0.15, -0.1) is 10.2 Å². The van der Waals surface area contributed by atoms with Crippen molar-refractivity contribution in [1.82, 2.24) is 10.2 Å². The predicted molar refractivity (Wildman–Crippen MR) is 95.3 cm³/mol. The average molecular weight is 370 g/mol. The van der Waals surface area contributed by atoms with E-state index in [1.165, 1.54) is 18.2 Å². The molecule has 0 fully saturated rings. The number of nitrogens with zero attached hydrogens (tertiary/aromatic N) is 3. The topological polar surface area (TPSA) is 95.2 Å². The smallest absolute Gasteiger partial charge is 0.346 e. The standard InChI is InChI=1S/C18H12ClN3O4/c1-11-2-4-12(5-3-11)16-8-9-17(21-20-16)26-18(23)14-10-13(22(24)25)6-7-15(14)19/h2-10H,1H3. The molecule has 0 bridgehead atoms. The van der Waals surface area contributed by atoms with Crippen molar-refractivity contribution in [2.45, 2.75) is 6.92 Å². The lowest BCUT2D eigenvalue weighted by Gasteiger charge is -2.06. The van der Waals surface area contributed by atoms with Gasteiger partial charge in [0.2, 0.25) is 5.88 Å². The highest BCUT2D eigenvalue weighted by atomic mass is 35.5. The van der Waals surface area contributed by atoms with Crippen molar-refractivity contribution < 1.29 is 14.5 Å². The van der Waals surface area contributed by atoms with Crippen LogP contribution in [0.2, 0.25) is 5.02 Å². The second kappa shape index (κ2) is 7.28. The zero-order chi connectivity index (χ0) is 18.7. The molecule has 1 heterocycles. The average Bonchev–Trinajstić information content (AvgIpc) is 2.63. The minimum absolute atomic E-state index is 0.0339. The quantitative estimate of drug-likeness (QED) is 0.388. The lowest BCUT2D eigenvalue weighted by molar-refractivity contribution is -0.384. The first-order chi connectivity index (χ1) is 12.4. The van der Waals surface area contributed by atoms with E-state index in [9.17, 15) is 14.9 Å². The van der Waals surface area contributed by atoms with Crippen LogP contribution >= 0.6 is 11.6 Å². The van der Waals surface area contributed by atoms with E-state index in [4.69, 9.17) is 16.3 Å². The number of carbonyl (C=O) groups excluding carboxylic acids is 1. The fourth-order valence-corrected chi connectivity index (χ4v) is 2.38. The van der Waals surface area contributed by atoms with Gasteiger partial charge < -0.3 is 4.74 Å². The predicted octanol–water partition coefficient (Wildman–Crippen LogP) is 4.23. The van der Waals surface area contributed by atoms with Gasteiger partial charge in [0, 0.05) is 23.8 Å². The van der Waals surface area contributed by atoms with Crippen LogP contribution in [0.4, 0.5) is 5.69 Å². The number of nitro groups is 1. The van der Waals surface area contributed by atoms with E-state index in [0.717, 1.165) is 17.2 Å². The first kappa shape index (κ1) is 17.5. The highest BCUT2D eigenvalue weighted by molar-refractivity contribution is 6.33. The largest absolute Gasteiger partial charge is 0.402 e. The summed E-state index contributed by atoms with van der Waals surface area (Å²) in [4.78, 5) is 22.4. The number of benzene rings is 2. The molecule has 26 heavy (non-hydrogen) atoms. The minimum Gasteiger partial charge on any atom is -0.402 e. The number of hydrogen-bond donors (Lipinski definition) is 0. The molecule has 130 valence electrons. The number of esters is 1. The number of non-ortho nitro benzene ring substituents is 1. The molecule has 0 N–H and O–H groups in total. The zero-order valence-corrected chi connectivity index (χ0v) is 14.3. The molecule has 0 unspecified atom stereocenters. The molecular weight excluding hydrogens is 358 g/mol. The maximum atomic E-state index is 12.2. The molecule has 0 saturated heterocycles. The van der Waals surface area contributed by atoms with E-state index in [-0.39, 0.29) is 22.2 Å². The van der Waals surface area contributed by atoms with Crippen molar-refractivity contribution in [3.63, 3.8) is 0 Å². The molecule has 3 aromatic rings. The van der Waals surface area contributed by atoms with Gasteiger partial charge in [0.1, 0.15) is 0 Å². The van der Waals surface area contributed by atoms with Crippen LogP contribution in [-0.2, 0) is 0 Å². The molecule has 0 amide bonds. The fourth-order valence-electron chi connectivity index (χ4n) is 2.19. The molecule has 7 nitrogen and oxygen atoms in total. The van der Waals surface area contributed by atoms with Gasteiger partial charge >= 0.3 is 5.97 Å². The molecule has 0 saturated carbocycles. The van der Waals surface area contributed by atoms with E-state index in [1.54, 1.807) is 6.07 Å². The highest BCUT2D eigenvalue weighted by Crippen LogP contribution is 2.24. The van der Waals surface area contributed by atoms with Crippen molar-refractivity contribution in [3.05, 3.63) is 80.9 Å². The maximum Gasteiger partial charge on any atom is 0.346 e. The van der Waals surface area contributed by atoms with E-state index in [0.29, 0.717) is 5.69 Å². The van der Waals surface area contributed by atoms with Gasteiger partial charge in [-0.2, -0.15) is 0 Å². The van der Waals surface area contributed by atoms with Gasteiger partial charge in [-0.3, -0.25) is 10.1 Å². The molecule has 2 aromatic carbocycles. The van der Waals surface area contributed by atoms with Crippen LogP contribution in [0.3, 0.4) is 0 Å². The summed E-state index contributed by atoms with van der Waals surface area (Å²) in [6.07, 6.45) is 0. The van der Waals surface area contributed by atoms with Crippen molar-refractivity contribution >= 4 is 23.3 Å². The summed E-state index contributed by atoms with van der Waals surface area (Å²) in [5.41, 5.74) is 2.24. The van der Waals surface area contributed by atoms with Crippen LogP contribution in [-0.4, -0.2) is 21.1 Å². The van der Waals surface area contributed by atoms with E-state index < -0.39 is 10.9 Å². The Bertz CT molecular complexity index is 973. The van der Waals surface area contributed by atoms with Gasteiger partial charge in [-0.05, 0) is 19.1 Å². The molecule has 1 aromatic heterocycles. The lowest BCUT2D eigenvalue weighted by atomic mass is 10.1. The molecule has 3 rings (SSSR count). The van der Waals surface area contributed by atoms with Gasteiger partial charge in [0.05, 0.1) is 21.2 Å². The SMILES string of the molecule is Cc1ccc(-c2ccc(OC(=O)c3cc([N+](=O)[O-])ccc3Cl)nn2)cc1. The van der Waals surface area contributed by atoms with E-state index >= 15 is 0 Å². The van der Waals surface area contributed by atoms with Crippen LogP contribution < -0.4 is 4.74 Å². The van der Waals surface area contributed by atoms with Crippen LogP contribution in [0.25, 0.3) is 11.3 Å². The molecular formula is C18H12ClN3O4. The van der Waals surface area contributed by atoms with Crippen molar-refractivity contribution in [3.8, 4) is 17.1 Å². The Labute approximate surface area is 153 Å². The summed E-state index contributed by atoms with van der Waals surface area (Å²) >= 11 is 5.92. The number of aromatic nitrogens is 2. The molecule has 0 aliphatic rings. The third-order valence-corrected chi connectivity index (χ3v) is 3.89. The summed E-state index contributed by atoms with van der Waals surface area (Å²) in [7, 11) is 0. The third kappa shape index (κ3) is 3.84. The van der Waals surface area contributed by atoms with Crippen LogP contribution in [0.15, 0.2) is 54.6 Å². The number of nitro benzene ring substituents is 1. The first-order valence-electron chi connectivity index (χ1n) is 7.51. The molecule has 0 spiro atoms. The number of ether oxygens (including phenoxy) is 1. The Morgan fingerprint density at radius 3 is 2.42 bits per heavy atom. The third-order valence-electron chi connectivity index (χ3n) is 3.57. The van der Waals surface area contributed by atoms with E-state index in [2.05, 4.69) is 10.2 Å². The summed E-state index contributed by atoms with van der Waals surface area (Å²) in [6.45, 7) is 1.98. The highest BCUT2D eigenvalue weighted by Gasteiger charge is 2.18. The van der Waals surface area contributed by atoms with Crippen molar-refractivity contribution in [2.75, 3.05) is 0 Å². The monoisotopic (exact) mass is 369 g/mol. The Hall–Kier alpha value is -3.32. The normalized spacial score (nSPS) is 10.4. The summed E-state index contributed by atoms with van der Waals surface area (Å²) < 4.78 is 5.11. The summed E-state index contributed by atoms with van der Waals surface area (Å²) in [5, 5.41) is 18.8. The molecule has 8 heteroatoms. The Balaban J connectivity index is 1.79. The summed E-state index contributed by atoms with van der Waals surface area (Å²) in [5.74, 6) is -0.885. The number of hydrogen-bond acceptors (Lipinski definition) is 6. The number of aryl methyl sites for hydroxylation is 1. The van der Waals surface area contributed by atoms with Gasteiger partial charge in [-0.1, -0.05) is 41.4 Å². The molecule has 0 atom stereocenters. The van der Waals surface area contributed by atoms with Gasteiger partial charge in [0.25, 0.3) is 5.69 Å². The molecule has 0 aliphatic carbocycles. The molecule has 0 radical (unpaired) electrons. The summed E-state index contributed by atoms with van der Waals surface area (Å²) in [6, 6.07) is 14.4. The van der Waals surface area contributed by atoms with Crippen molar-refractivity contribution in [1.29, 1.82) is 0 Å². The number of halogens is 1. The number of carbonyl (C=O) groups is 1. The maximum absolute atomic E-state index is 12.2. The van der Waals surface area contributed by atoms with E-state index in [1.807, 2.05) is 31.2 Å². The van der Waals surface area contributed by atoms with Gasteiger partial charge in [0.15, 0.2) is 0 Å². The zero-order valence-electron chi connectivity index (χ0n) is 13.5. The van der Waals surface area contributed by atoms with Crippen molar-refractivity contribution in [2.24, 2.45) is 0 Å². The van der Waals surface area contributed by atoms with Crippen LogP contribution in [0.5, 0.6) is 5.88 Å². The minimum atomic E-state index is -0.851. The fraction of sp³-hybridized carbons (Fsp3) is 0.0556. The second-order valence-corrected chi connectivity index (χ2v) is 5.84. The Morgan fingerprint density at radius 1 is 1.08 bits per heavy atom. The number of rotatable bonds is 4. The Morgan fingerprint density at radius 2 is 1.81 bits per heavy atom. The van der Waals surface area contributed by atoms with Gasteiger partial charge in [-0.25, -0.2) is 4.79 Å². The first-order valence-corrected chi connectivity index (χ1v) is 7.89. The van der Waals surface area contributed by atoms with Crippen LogP contribution in [0, 0.1) is 17.0 Å². The molecule has 0 aliphatic heterocycles. The lowest BCUT2D eigenvalue weighted by Crippen LogP contribution is -2.11. The second-order valence-electron chi connectivity index (χ2n) is 5.43.